The summed E-state index contributed by atoms with van der Waals surface area (Å²) in [6.45, 7) is 0.887. The van der Waals surface area contributed by atoms with Crippen LogP contribution in [0.1, 0.15) is 16.9 Å². The second-order valence-electron chi connectivity index (χ2n) is 6.02. The number of aryl methyl sites for hydroxylation is 2. The molecule has 122 valence electrons. The Morgan fingerprint density at radius 1 is 1.17 bits per heavy atom. The van der Waals surface area contributed by atoms with Crippen LogP contribution in [-0.4, -0.2) is 29.3 Å². The lowest BCUT2D eigenvalue weighted by Gasteiger charge is -2.26. The van der Waals surface area contributed by atoms with E-state index >= 15 is 0 Å². The minimum Gasteiger partial charge on any atom is -0.486 e. The monoisotopic (exact) mass is 340 g/mol. The van der Waals surface area contributed by atoms with Gasteiger partial charge < -0.3 is 14.2 Å². The van der Waals surface area contributed by atoms with Crippen molar-refractivity contribution in [1.82, 2.24) is 9.97 Å². The summed E-state index contributed by atoms with van der Waals surface area (Å²) in [6, 6.07) is 7.70. The number of para-hydroxylation sites is 2. The summed E-state index contributed by atoms with van der Waals surface area (Å²) in [5.41, 5.74) is 1.37. The zero-order chi connectivity index (χ0) is 15.9. The molecule has 1 atom stereocenters. The fourth-order valence-electron chi connectivity index (χ4n) is 3.33. The molecule has 5 rings (SSSR count). The quantitative estimate of drug-likeness (QED) is 0.731. The normalized spacial score (nSPS) is 18.6. The Labute approximate surface area is 143 Å². The molecule has 3 aromatic rings. The number of hydrogen-bond donors (Lipinski definition) is 0. The second kappa shape index (κ2) is 5.63. The number of benzene rings is 1. The summed E-state index contributed by atoms with van der Waals surface area (Å²) >= 11 is 1.77. The van der Waals surface area contributed by atoms with Crippen molar-refractivity contribution in [2.24, 2.45) is 0 Å². The van der Waals surface area contributed by atoms with Crippen molar-refractivity contribution in [1.29, 1.82) is 0 Å². The smallest absolute Gasteiger partial charge is 0.225 e. The molecule has 1 aliphatic carbocycles. The molecule has 1 unspecified atom stereocenters. The molecule has 3 heterocycles. The lowest BCUT2D eigenvalue weighted by molar-refractivity contribution is 0.0526. The van der Waals surface area contributed by atoms with E-state index in [9.17, 15) is 0 Å². The number of rotatable bonds is 3. The summed E-state index contributed by atoms with van der Waals surface area (Å²) in [5, 5.41) is 1.09. The highest BCUT2D eigenvalue weighted by Gasteiger charge is 2.24. The van der Waals surface area contributed by atoms with E-state index in [2.05, 4.69) is 9.97 Å². The number of hydrogen-bond acceptors (Lipinski definition) is 6. The van der Waals surface area contributed by atoms with Crippen LogP contribution < -0.4 is 14.2 Å². The first kappa shape index (κ1) is 14.0. The third kappa shape index (κ3) is 2.29. The van der Waals surface area contributed by atoms with Crippen LogP contribution in [0.3, 0.4) is 0 Å². The Hall–Kier alpha value is -2.34. The molecule has 24 heavy (non-hydrogen) atoms. The Balaban J connectivity index is 1.37. The van der Waals surface area contributed by atoms with Crippen LogP contribution in [0.4, 0.5) is 0 Å². The topological polar surface area (TPSA) is 53.5 Å². The number of fused-ring (bicyclic) bond motifs is 4. The van der Waals surface area contributed by atoms with E-state index in [4.69, 9.17) is 14.2 Å². The van der Waals surface area contributed by atoms with Gasteiger partial charge in [-0.2, -0.15) is 0 Å². The summed E-state index contributed by atoms with van der Waals surface area (Å²) in [5.74, 6) is 2.22. The van der Waals surface area contributed by atoms with Gasteiger partial charge in [-0.15, -0.1) is 11.3 Å². The standard InChI is InChI=1S/C18H16N2O3S/c1-2-6-14-13(5-1)21-8-11(23-14)9-22-17-16-12-4-3-7-15(12)24-18(16)20-10-19-17/h1-2,5-6,10-11H,3-4,7-9H2. The Morgan fingerprint density at radius 3 is 3.04 bits per heavy atom. The summed E-state index contributed by atoms with van der Waals surface area (Å²) < 4.78 is 17.7. The molecule has 0 radical (unpaired) electrons. The number of ether oxygens (including phenoxy) is 3. The summed E-state index contributed by atoms with van der Waals surface area (Å²) in [4.78, 5) is 11.2. The average Bonchev–Trinajstić information content (AvgIpc) is 3.20. The molecule has 0 saturated carbocycles. The van der Waals surface area contributed by atoms with Crippen LogP contribution in [0, 0.1) is 0 Å². The van der Waals surface area contributed by atoms with E-state index in [-0.39, 0.29) is 6.10 Å². The van der Waals surface area contributed by atoms with Crippen molar-refractivity contribution in [3.8, 4) is 17.4 Å². The highest BCUT2D eigenvalue weighted by Crippen LogP contribution is 2.40. The van der Waals surface area contributed by atoms with Gasteiger partial charge in [0.1, 0.15) is 24.4 Å². The molecule has 0 bridgehead atoms. The lowest BCUT2D eigenvalue weighted by atomic mass is 10.2. The Morgan fingerprint density at radius 2 is 2.08 bits per heavy atom. The molecule has 0 saturated heterocycles. The van der Waals surface area contributed by atoms with Gasteiger partial charge >= 0.3 is 0 Å². The van der Waals surface area contributed by atoms with Gasteiger partial charge in [-0.05, 0) is 37.0 Å². The van der Waals surface area contributed by atoms with E-state index in [1.807, 2.05) is 24.3 Å². The van der Waals surface area contributed by atoms with Crippen molar-refractivity contribution in [2.75, 3.05) is 13.2 Å². The first-order chi connectivity index (χ1) is 11.9. The SMILES string of the molecule is c1ccc2c(c1)OCC(COc1ncnc3sc4c(c13)CCC4)O2. The molecule has 2 aliphatic rings. The largest absolute Gasteiger partial charge is 0.486 e. The van der Waals surface area contributed by atoms with Crippen LogP contribution in [-0.2, 0) is 12.8 Å². The van der Waals surface area contributed by atoms with Crippen LogP contribution in [0.25, 0.3) is 10.2 Å². The van der Waals surface area contributed by atoms with E-state index in [0.29, 0.717) is 19.1 Å². The van der Waals surface area contributed by atoms with Gasteiger partial charge in [0.2, 0.25) is 5.88 Å². The van der Waals surface area contributed by atoms with Crippen LogP contribution >= 0.6 is 11.3 Å². The maximum absolute atomic E-state index is 6.01. The van der Waals surface area contributed by atoms with Crippen molar-refractivity contribution < 1.29 is 14.2 Å². The van der Waals surface area contributed by atoms with Crippen molar-refractivity contribution in [3.63, 3.8) is 0 Å². The second-order valence-corrected chi connectivity index (χ2v) is 7.11. The fourth-order valence-corrected chi connectivity index (χ4v) is 4.55. The fraction of sp³-hybridized carbons (Fsp3) is 0.333. The van der Waals surface area contributed by atoms with Crippen molar-refractivity contribution >= 4 is 21.6 Å². The van der Waals surface area contributed by atoms with Gasteiger partial charge in [0, 0.05) is 4.88 Å². The van der Waals surface area contributed by atoms with Gasteiger partial charge in [-0.25, -0.2) is 9.97 Å². The predicted octanol–water partition coefficient (Wildman–Crippen LogP) is 3.40. The maximum atomic E-state index is 6.01. The van der Waals surface area contributed by atoms with Crippen LogP contribution in [0.15, 0.2) is 30.6 Å². The zero-order valence-corrected chi connectivity index (χ0v) is 13.8. The average molecular weight is 340 g/mol. The first-order valence-electron chi connectivity index (χ1n) is 8.15. The van der Waals surface area contributed by atoms with Gasteiger partial charge in [0.15, 0.2) is 17.6 Å². The minimum absolute atomic E-state index is 0.142. The first-order valence-corrected chi connectivity index (χ1v) is 8.96. The minimum atomic E-state index is -0.142. The highest BCUT2D eigenvalue weighted by molar-refractivity contribution is 7.18. The van der Waals surface area contributed by atoms with Crippen molar-refractivity contribution in [3.05, 3.63) is 41.0 Å². The van der Waals surface area contributed by atoms with Crippen molar-refractivity contribution in [2.45, 2.75) is 25.4 Å². The van der Waals surface area contributed by atoms with E-state index in [1.165, 1.54) is 16.9 Å². The third-order valence-corrected chi connectivity index (χ3v) is 5.64. The molecule has 1 aliphatic heterocycles. The summed E-state index contributed by atoms with van der Waals surface area (Å²) in [7, 11) is 0. The predicted molar refractivity (Wildman–Crippen MR) is 91.3 cm³/mol. The Kier molecular flexibility index (Phi) is 3.29. The molecular weight excluding hydrogens is 324 g/mol. The van der Waals surface area contributed by atoms with Gasteiger partial charge in [0.05, 0.1) is 5.39 Å². The van der Waals surface area contributed by atoms with Crippen LogP contribution in [0.2, 0.25) is 0 Å². The molecule has 6 heteroatoms. The molecular formula is C18H16N2O3S. The lowest BCUT2D eigenvalue weighted by Crippen LogP contribution is -2.34. The number of aromatic nitrogens is 2. The molecule has 0 fully saturated rings. The number of thiophene rings is 1. The molecule has 0 amide bonds. The molecule has 0 N–H and O–H groups in total. The number of nitrogens with zero attached hydrogens (tertiary/aromatic N) is 2. The highest BCUT2D eigenvalue weighted by atomic mass is 32.1. The van der Waals surface area contributed by atoms with Crippen LogP contribution in [0.5, 0.6) is 17.4 Å². The third-order valence-electron chi connectivity index (χ3n) is 4.44. The molecule has 2 aromatic heterocycles. The van der Waals surface area contributed by atoms with E-state index in [0.717, 1.165) is 34.6 Å². The molecule has 5 nitrogen and oxygen atoms in total. The maximum Gasteiger partial charge on any atom is 0.225 e. The van der Waals surface area contributed by atoms with Gasteiger partial charge in [0.25, 0.3) is 0 Å². The van der Waals surface area contributed by atoms with E-state index in [1.54, 1.807) is 17.7 Å². The molecule has 0 spiro atoms. The van der Waals surface area contributed by atoms with Gasteiger partial charge in [-0.1, -0.05) is 12.1 Å². The van der Waals surface area contributed by atoms with Gasteiger partial charge in [-0.3, -0.25) is 0 Å². The van der Waals surface area contributed by atoms with E-state index < -0.39 is 0 Å². The summed E-state index contributed by atoms with van der Waals surface area (Å²) in [6.07, 6.45) is 4.89. The zero-order valence-electron chi connectivity index (χ0n) is 13.0. The molecule has 1 aromatic carbocycles. The Bertz CT molecular complexity index is 908.